The number of aliphatic carboxylic acids is 1. The maximum atomic E-state index is 10.7. The van der Waals surface area contributed by atoms with E-state index in [1.807, 2.05) is 13.8 Å². The fourth-order valence-corrected chi connectivity index (χ4v) is 1.21. The first-order valence-corrected chi connectivity index (χ1v) is 4.88. The van der Waals surface area contributed by atoms with Gasteiger partial charge in [0.1, 0.15) is 0 Å². The molecule has 0 saturated heterocycles. The quantitative estimate of drug-likeness (QED) is 0.786. The van der Waals surface area contributed by atoms with E-state index in [4.69, 9.17) is 5.11 Å². The summed E-state index contributed by atoms with van der Waals surface area (Å²) in [5, 5.41) is 22.5. The van der Waals surface area contributed by atoms with Gasteiger partial charge in [0.05, 0.1) is 18.2 Å². The third-order valence-electron chi connectivity index (χ3n) is 2.36. The van der Waals surface area contributed by atoms with Gasteiger partial charge in [0, 0.05) is 17.8 Å². The SMILES string of the molecule is CC(C(=O)O)C(O)c1cnn(C(C)C)c1. The van der Waals surface area contributed by atoms with Crippen molar-refractivity contribution in [2.24, 2.45) is 5.92 Å². The van der Waals surface area contributed by atoms with Crippen LogP contribution in [0.15, 0.2) is 12.4 Å². The third-order valence-corrected chi connectivity index (χ3v) is 2.36. The number of carbonyl (C=O) groups is 1. The molecule has 0 aliphatic carbocycles. The summed E-state index contributed by atoms with van der Waals surface area (Å²) in [7, 11) is 0. The van der Waals surface area contributed by atoms with Crippen LogP contribution in [0.5, 0.6) is 0 Å². The van der Waals surface area contributed by atoms with Gasteiger partial charge in [-0.15, -0.1) is 0 Å². The molecule has 0 spiro atoms. The van der Waals surface area contributed by atoms with E-state index in [9.17, 15) is 9.90 Å². The number of aromatic nitrogens is 2. The van der Waals surface area contributed by atoms with E-state index < -0.39 is 18.0 Å². The molecule has 15 heavy (non-hydrogen) atoms. The Labute approximate surface area is 88.3 Å². The molecule has 1 rings (SSSR count). The molecule has 2 N–H and O–H groups in total. The normalized spacial score (nSPS) is 15.3. The van der Waals surface area contributed by atoms with Crippen molar-refractivity contribution < 1.29 is 15.0 Å². The fourth-order valence-electron chi connectivity index (χ4n) is 1.21. The Hall–Kier alpha value is -1.36. The van der Waals surface area contributed by atoms with Crippen molar-refractivity contribution in [1.82, 2.24) is 9.78 Å². The summed E-state index contributed by atoms with van der Waals surface area (Å²) in [4.78, 5) is 10.7. The van der Waals surface area contributed by atoms with Crippen molar-refractivity contribution in [2.75, 3.05) is 0 Å². The number of rotatable bonds is 4. The van der Waals surface area contributed by atoms with Gasteiger partial charge in [-0.05, 0) is 20.8 Å². The Balaban J connectivity index is 2.82. The van der Waals surface area contributed by atoms with Crippen molar-refractivity contribution in [3.63, 3.8) is 0 Å². The zero-order valence-electron chi connectivity index (χ0n) is 9.08. The molecule has 0 saturated carbocycles. The Morgan fingerprint density at radius 3 is 2.47 bits per heavy atom. The first-order chi connectivity index (χ1) is 6.93. The van der Waals surface area contributed by atoms with Gasteiger partial charge in [-0.2, -0.15) is 5.10 Å². The van der Waals surface area contributed by atoms with Gasteiger partial charge in [0.25, 0.3) is 0 Å². The van der Waals surface area contributed by atoms with Gasteiger partial charge in [0.15, 0.2) is 0 Å². The Bertz CT molecular complexity index is 346. The van der Waals surface area contributed by atoms with E-state index in [-0.39, 0.29) is 6.04 Å². The van der Waals surface area contributed by atoms with Gasteiger partial charge in [-0.1, -0.05) is 0 Å². The second-order valence-corrected chi connectivity index (χ2v) is 3.92. The monoisotopic (exact) mass is 212 g/mol. The summed E-state index contributed by atoms with van der Waals surface area (Å²) in [6.45, 7) is 5.40. The molecule has 5 heteroatoms. The van der Waals surface area contributed by atoms with Gasteiger partial charge < -0.3 is 10.2 Å². The van der Waals surface area contributed by atoms with Gasteiger partial charge >= 0.3 is 5.97 Å². The lowest BCUT2D eigenvalue weighted by atomic mass is 10.0. The Kier molecular flexibility index (Phi) is 3.47. The van der Waals surface area contributed by atoms with Crippen LogP contribution >= 0.6 is 0 Å². The average molecular weight is 212 g/mol. The average Bonchev–Trinajstić information content (AvgIpc) is 2.64. The second-order valence-electron chi connectivity index (χ2n) is 3.92. The lowest BCUT2D eigenvalue weighted by molar-refractivity contribution is -0.145. The van der Waals surface area contributed by atoms with Crippen LogP contribution in [-0.2, 0) is 4.79 Å². The Morgan fingerprint density at radius 1 is 1.47 bits per heavy atom. The zero-order chi connectivity index (χ0) is 11.6. The van der Waals surface area contributed by atoms with Crippen molar-refractivity contribution in [3.05, 3.63) is 18.0 Å². The van der Waals surface area contributed by atoms with E-state index in [0.29, 0.717) is 5.56 Å². The molecule has 2 unspecified atom stereocenters. The van der Waals surface area contributed by atoms with Crippen LogP contribution in [-0.4, -0.2) is 26.0 Å². The summed E-state index contributed by atoms with van der Waals surface area (Å²) in [5.74, 6) is -1.84. The predicted molar refractivity (Wildman–Crippen MR) is 54.4 cm³/mol. The van der Waals surface area contributed by atoms with Crippen LogP contribution in [0.1, 0.15) is 38.5 Å². The molecule has 1 aromatic rings. The molecule has 1 heterocycles. The van der Waals surface area contributed by atoms with Gasteiger partial charge in [-0.3, -0.25) is 9.48 Å². The summed E-state index contributed by atoms with van der Waals surface area (Å²) >= 11 is 0. The number of carboxylic acid groups (broad SMARTS) is 1. The number of carboxylic acids is 1. The van der Waals surface area contributed by atoms with Crippen molar-refractivity contribution >= 4 is 5.97 Å². The van der Waals surface area contributed by atoms with E-state index in [2.05, 4.69) is 5.10 Å². The highest BCUT2D eigenvalue weighted by Crippen LogP contribution is 2.22. The Morgan fingerprint density at radius 2 is 2.07 bits per heavy atom. The molecule has 0 bridgehead atoms. The molecule has 0 fully saturated rings. The summed E-state index contributed by atoms with van der Waals surface area (Å²) in [5.41, 5.74) is 0.540. The van der Waals surface area contributed by atoms with Crippen LogP contribution in [0.2, 0.25) is 0 Å². The number of hydrogen-bond acceptors (Lipinski definition) is 3. The van der Waals surface area contributed by atoms with E-state index in [1.54, 1.807) is 10.9 Å². The number of aliphatic hydroxyl groups is 1. The molecule has 0 aliphatic rings. The minimum Gasteiger partial charge on any atom is -0.481 e. The summed E-state index contributed by atoms with van der Waals surface area (Å²) in [6, 6.07) is 0.200. The molecule has 2 atom stereocenters. The van der Waals surface area contributed by atoms with E-state index in [1.165, 1.54) is 13.1 Å². The van der Waals surface area contributed by atoms with Crippen LogP contribution in [0.3, 0.4) is 0 Å². The number of aliphatic hydroxyl groups excluding tert-OH is 1. The summed E-state index contributed by atoms with van der Waals surface area (Å²) in [6.07, 6.45) is 2.17. The van der Waals surface area contributed by atoms with Crippen LogP contribution in [0.25, 0.3) is 0 Å². The molecule has 84 valence electrons. The fraction of sp³-hybridized carbons (Fsp3) is 0.600. The minimum atomic E-state index is -1.01. The van der Waals surface area contributed by atoms with Crippen molar-refractivity contribution in [2.45, 2.75) is 32.9 Å². The van der Waals surface area contributed by atoms with Gasteiger partial charge in [0.2, 0.25) is 0 Å². The highest BCUT2D eigenvalue weighted by Gasteiger charge is 2.24. The molecule has 1 aromatic heterocycles. The zero-order valence-corrected chi connectivity index (χ0v) is 9.08. The third kappa shape index (κ3) is 2.56. The molecule has 0 aliphatic heterocycles. The molecular formula is C10H16N2O3. The molecule has 0 amide bonds. The van der Waals surface area contributed by atoms with Crippen LogP contribution in [0.4, 0.5) is 0 Å². The smallest absolute Gasteiger partial charge is 0.309 e. The number of hydrogen-bond donors (Lipinski definition) is 2. The summed E-state index contributed by atoms with van der Waals surface area (Å²) < 4.78 is 1.69. The maximum absolute atomic E-state index is 10.7. The topological polar surface area (TPSA) is 75.3 Å². The van der Waals surface area contributed by atoms with E-state index >= 15 is 0 Å². The largest absolute Gasteiger partial charge is 0.481 e. The van der Waals surface area contributed by atoms with Crippen LogP contribution in [0, 0.1) is 5.92 Å². The highest BCUT2D eigenvalue weighted by atomic mass is 16.4. The molecule has 0 aromatic carbocycles. The number of nitrogens with zero attached hydrogens (tertiary/aromatic N) is 2. The van der Waals surface area contributed by atoms with Crippen molar-refractivity contribution in [3.8, 4) is 0 Å². The minimum absolute atomic E-state index is 0.200. The second kappa shape index (κ2) is 4.44. The first kappa shape index (κ1) is 11.7. The lowest BCUT2D eigenvalue weighted by Crippen LogP contribution is -2.18. The van der Waals surface area contributed by atoms with Crippen LogP contribution < -0.4 is 0 Å². The molecule has 5 nitrogen and oxygen atoms in total. The van der Waals surface area contributed by atoms with Crippen molar-refractivity contribution in [1.29, 1.82) is 0 Å². The van der Waals surface area contributed by atoms with E-state index in [0.717, 1.165) is 0 Å². The first-order valence-electron chi connectivity index (χ1n) is 4.88. The standard InChI is InChI=1S/C10H16N2O3/c1-6(2)12-5-8(4-11-12)9(13)7(3)10(14)15/h4-7,9,13H,1-3H3,(H,14,15). The lowest BCUT2D eigenvalue weighted by Gasteiger charge is -2.12. The highest BCUT2D eigenvalue weighted by molar-refractivity contribution is 5.70. The van der Waals surface area contributed by atoms with Gasteiger partial charge in [-0.25, -0.2) is 0 Å². The molecule has 0 radical (unpaired) electrons. The predicted octanol–water partition coefficient (Wildman–Crippen LogP) is 1.22. The molecular weight excluding hydrogens is 196 g/mol. The maximum Gasteiger partial charge on any atom is 0.309 e.